The Morgan fingerprint density at radius 3 is 2.81 bits per heavy atom. The molecular weight excluding hydrogens is 207 g/mol. The van der Waals surface area contributed by atoms with Crippen molar-refractivity contribution < 1.29 is 14.3 Å². The summed E-state index contributed by atoms with van der Waals surface area (Å²) in [5, 5.41) is 2.67. The monoisotopic (exact) mass is 224 g/mol. The van der Waals surface area contributed by atoms with E-state index in [1.807, 2.05) is 24.3 Å². The minimum Gasteiger partial charge on any atom is -0.496 e. The van der Waals surface area contributed by atoms with Crippen molar-refractivity contribution in [1.29, 1.82) is 0 Å². The molecule has 1 aromatic rings. The first-order valence-corrected chi connectivity index (χ1v) is 5.30. The second kappa shape index (κ2) is 6.71. The van der Waals surface area contributed by atoms with Crippen molar-refractivity contribution in [1.82, 2.24) is 5.32 Å². The van der Waals surface area contributed by atoms with E-state index < -0.39 is 0 Å². The summed E-state index contributed by atoms with van der Waals surface area (Å²) < 4.78 is 9.96. The second-order valence-corrected chi connectivity index (χ2v) is 3.21. The van der Waals surface area contributed by atoms with Gasteiger partial charge in [0.2, 0.25) is 0 Å². The van der Waals surface area contributed by atoms with E-state index in [9.17, 15) is 4.79 Å². The molecule has 1 amide bonds. The number of carbonyl (C=O) groups is 1. The van der Waals surface area contributed by atoms with Crippen molar-refractivity contribution in [2.45, 2.75) is 13.3 Å². The molecule has 88 valence electrons. The quantitative estimate of drug-likeness (QED) is 0.778. The van der Waals surface area contributed by atoms with Crippen LogP contribution in [0.25, 0.3) is 0 Å². The standard InChI is InChI=1S/C12H17NO3/c1-3-16-12(14)13-9-8-10-6-4-5-7-11(10)15-2/h4-7H,3,8-9H2,1-2H3,(H,13,14)/i9+1. The molecule has 0 fully saturated rings. The van der Waals surface area contributed by atoms with Crippen LogP contribution in [0.5, 0.6) is 5.75 Å². The summed E-state index contributed by atoms with van der Waals surface area (Å²) in [4.78, 5) is 11.0. The van der Waals surface area contributed by atoms with E-state index in [2.05, 4.69) is 5.32 Å². The third kappa shape index (κ3) is 3.81. The number of rotatable bonds is 5. The smallest absolute Gasteiger partial charge is 0.407 e. The molecule has 0 saturated heterocycles. The molecule has 16 heavy (non-hydrogen) atoms. The van der Waals surface area contributed by atoms with Crippen LogP contribution < -0.4 is 10.1 Å². The SMILES string of the molecule is CCOC(=O)N[13CH2]Cc1ccccc1OC. The maximum atomic E-state index is 11.0. The Bertz CT molecular complexity index is 339. The topological polar surface area (TPSA) is 47.6 Å². The third-order valence-corrected chi connectivity index (χ3v) is 2.13. The third-order valence-electron chi connectivity index (χ3n) is 2.13. The van der Waals surface area contributed by atoms with E-state index in [0.717, 1.165) is 17.7 Å². The summed E-state index contributed by atoms with van der Waals surface area (Å²) in [7, 11) is 1.64. The summed E-state index contributed by atoms with van der Waals surface area (Å²) in [5.41, 5.74) is 1.07. The molecule has 1 rings (SSSR count). The van der Waals surface area contributed by atoms with Crippen LogP contribution in [0.1, 0.15) is 12.5 Å². The summed E-state index contributed by atoms with van der Waals surface area (Å²) in [6.45, 7) is 2.71. The first kappa shape index (κ1) is 12.4. The van der Waals surface area contributed by atoms with E-state index in [-0.39, 0.29) is 6.09 Å². The van der Waals surface area contributed by atoms with Gasteiger partial charge in [0.1, 0.15) is 5.75 Å². The number of hydrogen-bond donors (Lipinski definition) is 1. The van der Waals surface area contributed by atoms with E-state index in [4.69, 9.17) is 9.47 Å². The first-order chi connectivity index (χ1) is 7.77. The Hall–Kier alpha value is -1.71. The minimum atomic E-state index is -0.377. The van der Waals surface area contributed by atoms with Gasteiger partial charge in [0.25, 0.3) is 0 Å². The van der Waals surface area contributed by atoms with Crippen LogP contribution in [-0.2, 0) is 11.2 Å². The van der Waals surface area contributed by atoms with E-state index >= 15 is 0 Å². The molecule has 0 aromatic heterocycles. The Morgan fingerprint density at radius 1 is 1.38 bits per heavy atom. The van der Waals surface area contributed by atoms with Gasteiger partial charge < -0.3 is 14.8 Å². The van der Waals surface area contributed by atoms with Gasteiger partial charge in [-0.3, -0.25) is 0 Å². The second-order valence-electron chi connectivity index (χ2n) is 3.21. The lowest BCUT2D eigenvalue weighted by atomic mass is 10.2. The number of benzene rings is 1. The minimum absolute atomic E-state index is 0.377. The maximum Gasteiger partial charge on any atom is 0.407 e. The van der Waals surface area contributed by atoms with Crippen molar-refractivity contribution >= 4 is 6.09 Å². The number of ether oxygens (including phenoxy) is 2. The van der Waals surface area contributed by atoms with Crippen molar-refractivity contribution in [3.8, 4) is 5.75 Å². The largest absolute Gasteiger partial charge is 0.496 e. The van der Waals surface area contributed by atoms with Crippen LogP contribution in [0.3, 0.4) is 0 Å². The highest BCUT2D eigenvalue weighted by atomic mass is 16.5. The molecule has 0 heterocycles. The van der Waals surface area contributed by atoms with Crippen molar-refractivity contribution in [3.05, 3.63) is 29.8 Å². The number of para-hydroxylation sites is 1. The van der Waals surface area contributed by atoms with Crippen molar-refractivity contribution in [2.75, 3.05) is 20.3 Å². The fourth-order valence-electron chi connectivity index (χ4n) is 1.39. The Labute approximate surface area is 95.6 Å². The van der Waals surface area contributed by atoms with Crippen LogP contribution in [0, 0.1) is 0 Å². The van der Waals surface area contributed by atoms with Gasteiger partial charge in [0.05, 0.1) is 13.7 Å². The summed E-state index contributed by atoms with van der Waals surface area (Å²) >= 11 is 0. The van der Waals surface area contributed by atoms with Gasteiger partial charge in [-0.15, -0.1) is 0 Å². The predicted octanol–water partition coefficient (Wildman–Crippen LogP) is 1.98. The normalized spacial score (nSPS) is 9.62. The molecule has 0 bridgehead atoms. The molecule has 0 saturated carbocycles. The Morgan fingerprint density at radius 2 is 2.12 bits per heavy atom. The zero-order valence-corrected chi connectivity index (χ0v) is 9.66. The lowest BCUT2D eigenvalue weighted by Crippen LogP contribution is -2.26. The molecule has 0 atom stereocenters. The molecule has 1 aromatic carbocycles. The van der Waals surface area contributed by atoms with Gasteiger partial charge in [-0.05, 0) is 25.0 Å². The van der Waals surface area contributed by atoms with Gasteiger partial charge in [0, 0.05) is 6.54 Å². The highest BCUT2D eigenvalue weighted by Gasteiger charge is 2.03. The van der Waals surface area contributed by atoms with E-state index in [0.29, 0.717) is 13.2 Å². The van der Waals surface area contributed by atoms with Crippen molar-refractivity contribution in [2.24, 2.45) is 0 Å². The van der Waals surface area contributed by atoms with Gasteiger partial charge in [0.15, 0.2) is 0 Å². The van der Waals surface area contributed by atoms with Crippen LogP contribution in [-0.4, -0.2) is 26.4 Å². The van der Waals surface area contributed by atoms with Gasteiger partial charge >= 0.3 is 6.09 Å². The molecule has 4 nitrogen and oxygen atoms in total. The van der Waals surface area contributed by atoms with Gasteiger partial charge in [-0.2, -0.15) is 0 Å². The highest BCUT2D eigenvalue weighted by Crippen LogP contribution is 2.17. The van der Waals surface area contributed by atoms with Gasteiger partial charge in [-0.25, -0.2) is 4.79 Å². The number of nitrogens with one attached hydrogen (secondary N) is 1. The molecule has 0 radical (unpaired) electrons. The number of hydrogen-bond acceptors (Lipinski definition) is 3. The van der Waals surface area contributed by atoms with Crippen LogP contribution in [0.15, 0.2) is 24.3 Å². The lowest BCUT2D eigenvalue weighted by molar-refractivity contribution is 0.152. The molecule has 0 aliphatic rings. The summed E-state index contributed by atoms with van der Waals surface area (Å²) in [6.07, 6.45) is 0.348. The molecule has 0 spiro atoms. The average Bonchev–Trinajstić information content (AvgIpc) is 2.30. The molecule has 1 N–H and O–H groups in total. The van der Waals surface area contributed by atoms with E-state index in [1.165, 1.54) is 0 Å². The predicted molar refractivity (Wildman–Crippen MR) is 61.7 cm³/mol. The lowest BCUT2D eigenvalue weighted by Gasteiger charge is -2.08. The number of amides is 1. The fourth-order valence-corrected chi connectivity index (χ4v) is 1.39. The van der Waals surface area contributed by atoms with E-state index in [1.54, 1.807) is 14.0 Å². The number of carbonyl (C=O) groups excluding carboxylic acids is 1. The van der Waals surface area contributed by atoms with Crippen LogP contribution in [0.4, 0.5) is 4.79 Å². The molecule has 0 aliphatic carbocycles. The molecule has 0 unspecified atom stereocenters. The van der Waals surface area contributed by atoms with Gasteiger partial charge in [-0.1, -0.05) is 18.2 Å². The number of methoxy groups -OCH3 is 1. The average molecular weight is 224 g/mol. The zero-order chi connectivity index (χ0) is 11.8. The van der Waals surface area contributed by atoms with Crippen LogP contribution >= 0.6 is 0 Å². The maximum absolute atomic E-state index is 11.0. The highest BCUT2D eigenvalue weighted by molar-refractivity contribution is 5.67. The molecule has 4 heteroatoms. The molecule has 0 aliphatic heterocycles. The molecular formula is C12H17NO3. The zero-order valence-electron chi connectivity index (χ0n) is 9.66. The summed E-state index contributed by atoms with van der Waals surface area (Å²) in [5.74, 6) is 0.841. The number of alkyl carbamates (subject to hydrolysis) is 1. The Balaban J connectivity index is 2.39. The van der Waals surface area contributed by atoms with Crippen molar-refractivity contribution in [3.63, 3.8) is 0 Å². The van der Waals surface area contributed by atoms with Crippen LogP contribution in [0.2, 0.25) is 0 Å². The first-order valence-electron chi connectivity index (χ1n) is 5.30. The Kier molecular flexibility index (Phi) is 5.19. The fraction of sp³-hybridized carbons (Fsp3) is 0.417. The summed E-state index contributed by atoms with van der Waals surface area (Å²) in [6, 6.07) is 7.74.